The van der Waals surface area contributed by atoms with E-state index in [-0.39, 0.29) is 5.78 Å². The van der Waals surface area contributed by atoms with E-state index in [1.165, 1.54) is 0 Å². The minimum atomic E-state index is 0.0644. The van der Waals surface area contributed by atoms with Crippen molar-refractivity contribution >= 4 is 5.78 Å². The van der Waals surface area contributed by atoms with Crippen LogP contribution in [0.1, 0.15) is 30.1 Å². The SMILES string of the molecule is C#CCCC(=O)c1cccc(OCC)c1. The first-order valence-corrected chi connectivity index (χ1v) is 4.97. The molecule has 2 heteroatoms. The van der Waals surface area contributed by atoms with Crippen LogP contribution >= 0.6 is 0 Å². The summed E-state index contributed by atoms with van der Waals surface area (Å²) in [5.74, 6) is 3.25. The Morgan fingerprint density at radius 1 is 1.53 bits per heavy atom. The Labute approximate surface area is 90.3 Å². The Morgan fingerprint density at radius 3 is 3.00 bits per heavy atom. The van der Waals surface area contributed by atoms with Gasteiger partial charge in [0.05, 0.1) is 6.61 Å². The lowest BCUT2D eigenvalue weighted by Gasteiger charge is -2.04. The van der Waals surface area contributed by atoms with E-state index >= 15 is 0 Å². The highest BCUT2D eigenvalue weighted by atomic mass is 16.5. The van der Waals surface area contributed by atoms with Crippen molar-refractivity contribution in [2.24, 2.45) is 0 Å². The molecule has 0 unspecified atom stereocenters. The van der Waals surface area contributed by atoms with Gasteiger partial charge in [-0.2, -0.15) is 0 Å². The van der Waals surface area contributed by atoms with Crippen molar-refractivity contribution in [3.05, 3.63) is 29.8 Å². The quantitative estimate of drug-likeness (QED) is 0.542. The van der Waals surface area contributed by atoms with Crippen molar-refractivity contribution in [2.45, 2.75) is 19.8 Å². The molecule has 0 saturated carbocycles. The van der Waals surface area contributed by atoms with Gasteiger partial charge < -0.3 is 4.74 Å². The highest BCUT2D eigenvalue weighted by molar-refractivity contribution is 5.96. The number of terminal acetylenes is 1. The zero-order valence-electron chi connectivity index (χ0n) is 8.82. The average molecular weight is 202 g/mol. The van der Waals surface area contributed by atoms with E-state index < -0.39 is 0 Å². The van der Waals surface area contributed by atoms with Crippen molar-refractivity contribution in [1.82, 2.24) is 0 Å². The molecule has 0 saturated heterocycles. The van der Waals surface area contributed by atoms with Gasteiger partial charge in [0, 0.05) is 18.4 Å². The number of carbonyl (C=O) groups excluding carboxylic acids is 1. The van der Waals surface area contributed by atoms with Crippen LogP contribution in [0.15, 0.2) is 24.3 Å². The molecule has 0 N–H and O–H groups in total. The van der Waals surface area contributed by atoms with Crippen molar-refractivity contribution in [3.8, 4) is 18.1 Å². The van der Waals surface area contributed by atoms with Gasteiger partial charge in [0.15, 0.2) is 5.78 Å². The Bertz CT molecular complexity index is 374. The Morgan fingerprint density at radius 2 is 2.33 bits per heavy atom. The first-order valence-electron chi connectivity index (χ1n) is 4.97. The minimum Gasteiger partial charge on any atom is -0.494 e. The minimum absolute atomic E-state index is 0.0644. The molecule has 0 amide bonds. The molecule has 0 radical (unpaired) electrons. The van der Waals surface area contributed by atoms with Crippen LogP contribution in [0.4, 0.5) is 0 Å². The Kier molecular flexibility index (Phi) is 4.43. The number of hydrogen-bond acceptors (Lipinski definition) is 2. The smallest absolute Gasteiger partial charge is 0.163 e. The lowest BCUT2D eigenvalue weighted by Crippen LogP contribution is -1.99. The maximum Gasteiger partial charge on any atom is 0.163 e. The number of ether oxygens (including phenoxy) is 1. The molecule has 1 rings (SSSR count). The fourth-order valence-corrected chi connectivity index (χ4v) is 1.26. The van der Waals surface area contributed by atoms with Gasteiger partial charge in [-0.1, -0.05) is 12.1 Å². The first-order chi connectivity index (χ1) is 7.27. The summed E-state index contributed by atoms with van der Waals surface area (Å²) < 4.78 is 5.31. The van der Waals surface area contributed by atoms with Crippen LogP contribution in [0.2, 0.25) is 0 Å². The van der Waals surface area contributed by atoms with Crippen LogP contribution in [-0.2, 0) is 0 Å². The van der Waals surface area contributed by atoms with Crippen LogP contribution in [0.3, 0.4) is 0 Å². The third-order valence-corrected chi connectivity index (χ3v) is 1.96. The summed E-state index contributed by atoms with van der Waals surface area (Å²) in [6.45, 7) is 2.51. The lowest BCUT2D eigenvalue weighted by atomic mass is 10.1. The van der Waals surface area contributed by atoms with E-state index in [2.05, 4.69) is 5.92 Å². The van der Waals surface area contributed by atoms with Gasteiger partial charge in [-0.15, -0.1) is 12.3 Å². The first kappa shape index (κ1) is 11.3. The third kappa shape index (κ3) is 3.47. The summed E-state index contributed by atoms with van der Waals surface area (Å²) in [6, 6.07) is 7.18. The second-order valence-corrected chi connectivity index (χ2v) is 3.09. The van der Waals surface area contributed by atoms with E-state index in [0.717, 1.165) is 5.75 Å². The van der Waals surface area contributed by atoms with Crippen LogP contribution < -0.4 is 4.74 Å². The van der Waals surface area contributed by atoms with Crippen molar-refractivity contribution in [2.75, 3.05) is 6.61 Å². The number of carbonyl (C=O) groups is 1. The van der Waals surface area contributed by atoms with E-state index in [0.29, 0.717) is 25.0 Å². The molecule has 0 aliphatic carbocycles. The predicted molar refractivity (Wildman–Crippen MR) is 60.0 cm³/mol. The summed E-state index contributed by atoms with van der Waals surface area (Å²) in [4.78, 5) is 11.6. The normalized spacial score (nSPS) is 9.33. The van der Waals surface area contributed by atoms with E-state index in [1.807, 2.05) is 19.1 Å². The number of Topliss-reactive ketones (excluding diaryl/α,β-unsaturated/α-hetero) is 1. The van der Waals surface area contributed by atoms with Gasteiger partial charge in [0.1, 0.15) is 5.75 Å². The number of rotatable bonds is 5. The molecule has 0 aliphatic rings. The second kappa shape index (κ2) is 5.87. The van der Waals surface area contributed by atoms with E-state index in [9.17, 15) is 4.79 Å². The van der Waals surface area contributed by atoms with Gasteiger partial charge in [0.2, 0.25) is 0 Å². The van der Waals surface area contributed by atoms with Gasteiger partial charge in [-0.05, 0) is 19.1 Å². The number of ketones is 1. The molecule has 0 aromatic heterocycles. The molecule has 0 spiro atoms. The van der Waals surface area contributed by atoms with Gasteiger partial charge in [0.25, 0.3) is 0 Å². The molecule has 15 heavy (non-hydrogen) atoms. The molecule has 0 fully saturated rings. The highest BCUT2D eigenvalue weighted by Gasteiger charge is 2.05. The summed E-state index contributed by atoms with van der Waals surface area (Å²) in [5, 5.41) is 0. The fourth-order valence-electron chi connectivity index (χ4n) is 1.26. The standard InChI is InChI=1S/C13H14O2/c1-3-5-9-13(14)11-7-6-8-12(10-11)15-4-2/h1,6-8,10H,4-5,9H2,2H3. The second-order valence-electron chi connectivity index (χ2n) is 3.09. The largest absolute Gasteiger partial charge is 0.494 e. The monoisotopic (exact) mass is 202 g/mol. The van der Waals surface area contributed by atoms with E-state index in [4.69, 9.17) is 11.2 Å². The summed E-state index contributed by atoms with van der Waals surface area (Å²) in [6.07, 6.45) is 5.98. The average Bonchev–Trinajstić information content (AvgIpc) is 2.27. The van der Waals surface area contributed by atoms with Crippen molar-refractivity contribution in [3.63, 3.8) is 0 Å². The van der Waals surface area contributed by atoms with Crippen molar-refractivity contribution in [1.29, 1.82) is 0 Å². The molecule has 1 aromatic rings. The van der Waals surface area contributed by atoms with Crippen LogP contribution in [0.5, 0.6) is 5.75 Å². The maximum absolute atomic E-state index is 11.6. The van der Waals surface area contributed by atoms with Crippen molar-refractivity contribution < 1.29 is 9.53 Å². The molecule has 0 heterocycles. The molecule has 78 valence electrons. The summed E-state index contributed by atoms with van der Waals surface area (Å²) in [7, 11) is 0. The third-order valence-electron chi connectivity index (χ3n) is 1.96. The molecular weight excluding hydrogens is 188 g/mol. The maximum atomic E-state index is 11.6. The molecule has 0 atom stereocenters. The van der Waals surface area contributed by atoms with E-state index in [1.54, 1.807) is 12.1 Å². The van der Waals surface area contributed by atoms with Crippen LogP contribution in [-0.4, -0.2) is 12.4 Å². The molecule has 1 aromatic carbocycles. The molecule has 0 aliphatic heterocycles. The van der Waals surface area contributed by atoms with Gasteiger partial charge >= 0.3 is 0 Å². The Balaban J connectivity index is 2.72. The summed E-state index contributed by atoms with van der Waals surface area (Å²) >= 11 is 0. The molecule has 0 bridgehead atoms. The zero-order chi connectivity index (χ0) is 11.1. The predicted octanol–water partition coefficient (Wildman–Crippen LogP) is 2.68. The highest BCUT2D eigenvalue weighted by Crippen LogP contribution is 2.15. The molecule has 2 nitrogen and oxygen atoms in total. The van der Waals surface area contributed by atoms with Crippen LogP contribution in [0, 0.1) is 12.3 Å². The Hall–Kier alpha value is -1.75. The summed E-state index contributed by atoms with van der Waals surface area (Å²) in [5.41, 5.74) is 0.663. The lowest BCUT2D eigenvalue weighted by molar-refractivity contribution is 0.0984. The zero-order valence-corrected chi connectivity index (χ0v) is 8.82. The number of hydrogen-bond donors (Lipinski definition) is 0. The molecular formula is C13H14O2. The van der Waals surface area contributed by atoms with Crippen LogP contribution in [0.25, 0.3) is 0 Å². The fraction of sp³-hybridized carbons (Fsp3) is 0.308. The topological polar surface area (TPSA) is 26.3 Å². The van der Waals surface area contributed by atoms with Gasteiger partial charge in [-0.25, -0.2) is 0 Å². The van der Waals surface area contributed by atoms with Gasteiger partial charge in [-0.3, -0.25) is 4.79 Å². The number of benzene rings is 1.